The Balaban J connectivity index is 2.22. The van der Waals surface area contributed by atoms with Gasteiger partial charge in [-0.3, -0.25) is 4.79 Å². The topological polar surface area (TPSA) is 70.1 Å². The molecule has 2 N–H and O–H groups in total. The van der Waals surface area contributed by atoms with Crippen molar-refractivity contribution in [3.05, 3.63) is 47.5 Å². The number of nitrogens with two attached hydrogens (primary N) is 1. The molecule has 1 atom stereocenters. The number of aromatic nitrogens is 2. The lowest BCUT2D eigenvalue weighted by Gasteiger charge is -2.14. The Hall–Kier alpha value is -1.85. The summed E-state index contributed by atoms with van der Waals surface area (Å²) < 4.78 is 6.78. The van der Waals surface area contributed by atoms with E-state index in [1.165, 1.54) is 0 Å². The van der Waals surface area contributed by atoms with E-state index >= 15 is 0 Å². The predicted molar refractivity (Wildman–Crippen MR) is 76.9 cm³/mol. The van der Waals surface area contributed by atoms with Gasteiger partial charge in [-0.1, -0.05) is 11.6 Å². The molecule has 0 bridgehead atoms. The number of halogens is 1. The lowest BCUT2D eigenvalue weighted by Crippen LogP contribution is -2.34. The number of carbonyl (C=O) groups is 1. The highest BCUT2D eigenvalue weighted by molar-refractivity contribution is 6.31. The fourth-order valence-corrected chi connectivity index (χ4v) is 2.14. The largest absolute Gasteiger partial charge is 0.465 e. The molecule has 0 aromatic carbocycles. The van der Waals surface area contributed by atoms with Crippen LogP contribution in [0.15, 0.2) is 36.7 Å². The molecular formula is C14H16ClN3O2. The van der Waals surface area contributed by atoms with Crippen molar-refractivity contribution in [3.63, 3.8) is 0 Å². The molecule has 0 saturated carbocycles. The standard InChI is InChI=1S/C14H16ClN3O2/c1-2-20-14(19)11(16)9-10-5-4-8-18(10)12-6-3-7-17-13(12)15/h3-8,11H,2,9,16H2,1H3. The van der Waals surface area contributed by atoms with Crippen molar-refractivity contribution in [1.82, 2.24) is 9.55 Å². The summed E-state index contributed by atoms with van der Waals surface area (Å²) in [7, 11) is 0. The molecule has 0 spiro atoms. The van der Waals surface area contributed by atoms with Gasteiger partial charge in [0.1, 0.15) is 6.04 Å². The summed E-state index contributed by atoms with van der Waals surface area (Å²) in [5, 5.41) is 0.398. The van der Waals surface area contributed by atoms with Gasteiger partial charge in [-0.2, -0.15) is 0 Å². The minimum absolute atomic E-state index is 0.321. The average Bonchev–Trinajstić information content (AvgIpc) is 2.87. The third kappa shape index (κ3) is 3.18. The number of nitrogens with zero attached hydrogens (tertiary/aromatic N) is 2. The van der Waals surface area contributed by atoms with Gasteiger partial charge in [0.2, 0.25) is 0 Å². The Morgan fingerprint density at radius 1 is 1.50 bits per heavy atom. The summed E-state index contributed by atoms with van der Waals surface area (Å²) in [5.41, 5.74) is 7.47. The van der Waals surface area contributed by atoms with Gasteiger partial charge in [-0.25, -0.2) is 4.98 Å². The van der Waals surface area contributed by atoms with Gasteiger partial charge >= 0.3 is 5.97 Å². The number of esters is 1. The number of pyridine rings is 1. The lowest BCUT2D eigenvalue weighted by atomic mass is 10.1. The van der Waals surface area contributed by atoms with Gasteiger partial charge in [0.15, 0.2) is 5.15 Å². The first-order valence-electron chi connectivity index (χ1n) is 6.32. The number of carbonyl (C=O) groups excluding carboxylic acids is 1. The van der Waals surface area contributed by atoms with E-state index in [0.717, 1.165) is 11.4 Å². The molecule has 0 fully saturated rings. The van der Waals surface area contributed by atoms with E-state index in [4.69, 9.17) is 22.1 Å². The summed E-state index contributed by atoms with van der Waals surface area (Å²) in [6.07, 6.45) is 3.85. The van der Waals surface area contributed by atoms with E-state index in [1.54, 1.807) is 19.2 Å². The first kappa shape index (κ1) is 14.6. The van der Waals surface area contributed by atoms with Crippen molar-refractivity contribution < 1.29 is 9.53 Å². The summed E-state index contributed by atoms with van der Waals surface area (Å²) in [6.45, 7) is 2.07. The molecule has 1 unspecified atom stereocenters. The van der Waals surface area contributed by atoms with Gasteiger partial charge in [0.25, 0.3) is 0 Å². The summed E-state index contributed by atoms with van der Waals surface area (Å²) in [5.74, 6) is -0.405. The third-order valence-electron chi connectivity index (χ3n) is 2.85. The number of ether oxygens (including phenoxy) is 1. The molecule has 0 aliphatic carbocycles. The minimum Gasteiger partial charge on any atom is -0.465 e. The number of rotatable bonds is 5. The zero-order chi connectivity index (χ0) is 14.5. The zero-order valence-electron chi connectivity index (χ0n) is 11.1. The second kappa shape index (κ2) is 6.54. The molecule has 20 heavy (non-hydrogen) atoms. The maximum absolute atomic E-state index is 11.6. The van der Waals surface area contributed by atoms with E-state index < -0.39 is 12.0 Å². The van der Waals surface area contributed by atoms with Gasteiger partial charge in [0.05, 0.1) is 12.3 Å². The molecule has 2 heterocycles. The van der Waals surface area contributed by atoms with Crippen LogP contribution >= 0.6 is 11.6 Å². The van der Waals surface area contributed by atoms with Gasteiger partial charge in [0, 0.05) is 24.5 Å². The van der Waals surface area contributed by atoms with E-state index in [2.05, 4.69) is 4.98 Å². The monoisotopic (exact) mass is 293 g/mol. The second-order valence-electron chi connectivity index (χ2n) is 4.25. The van der Waals surface area contributed by atoms with E-state index in [0.29, 0.717) is 18.2 Å². The van der Waals surface area contributed by atoms with E-state index in [-0.39, 0.29) is 0 Å². The quantitative estimate of drug-likeness (QED) is 0.676. The highest BCUT2D eigenvalue weighted by atomic mass is 35.5. The third-order valence-corrected chi connectivity index (χ3v) is 3.14. The highest BCUT2D eigenvalue weighted by Crippen LogP contribution is 2.20. The summed E-state index contributed by atoms with van der Waals surface area (Å²) >= 11 is 6.08. The molecule has 2 rings (SSSR count). The molecule has 0 radical (unpaired) electrons. The van der Waals surface area contributed by atoms with Crippen molar-refractivity contribution >= 4 is 17.6 Å². The van der Waals surface area contributed by atoms with Gasteiger partial charge < -0.3 is 15.0 Å². The second-order valence-corrected chi connectivity index (χ2v) is 4.60. The van der Waals surface area contributed by atoms with Crippen LogP contribution in [0.3, 0.4) is 0 Å². The maximum Gasteiger partial charge on any atom is 0.323 e. The van der Waals surface area contributed by atoms with Crippen LogP contribution in [0.5, 0.6) is 0 Å². The van der Waals surface area contributed by atoms with Crippen molar-refractivity contribution in [1.29, 1.82) is 0 Å². The Kier molecular flexibility index (Phi) is 4.76. The molecule has 0 saturated heterocycles. The van der Waals surface area contributed by atoms with Crippen LogP contribution < -0.4 is 5.73 Å². The van der Waals surface area contributed by atoms with Crippen molar-refractivity contribution in [2.45, 2.75) is 19.4 Å². The molecule has 106 valence electrons. The van der Waals surface area contributed by atoms with Crippen LogP contribution in [0, 0.1) is 0 Å². The lowest BCUT2D eigenvalue weighted by molar-refractivity contribution is -0.144. The van der Waals surface area contributed by atoms with Gasteiger partial charge in [-0.15, -0.1) is 0 Å². The molecule has 0 aliphatic rings. The predicted octanol–water partition coefficient (Wildman–Crippen LogP) is 1.96. The van der Waals surface area contributed by atoms with Crippen molar-refractivity contribution in [2.24, 2.45) is 5.73 Å². The molecule has 5 nitrogen and oxygen atoms in total. The molecule has 6 heteroatoms. The Labute approximate surface area is 122 Å². The molecule has 0 amide bonds. The van der Waals surface area contributed by atoms with Crippen LogP contribution in [0.2, 0.25) is 5.15 Å². The van der Waals surface area contributed by atoms with E-state index in [9.17, 15) is 4.79 Å². The molecular weight excluding hydrogens is 278 g/mol. The average molecular weight is 294 g/mol. The van der Waals surface area contributed by atoms with Crippen LogP contribution in [-0.4, -0.2) is 28.2 Å². The van der Waals surface area contributed by atoms with E-state index in [1.807, 2.05) is 29.0 Å². The highest BCUT2D eigenvalue weighted by Gasteiger charge is 2.18. The fraction of sp³-hybridized carbons (Fsp3) is 0.286. The first-order chi connectivity index (χ1) is 9.63. The minimum atomic E-state index is -0.695. The SMILES string of the molecule is CCOC(=O)C(N)Cc1cccn1-c1cccnc1Cl. The van der Waals surface area contributed by atoms with Crippen LogP contribution in [0.1, 0.15) is 12.6 Å². The van der Waals surface area contributed by atoms with Gasteiger partial charge in [-0.05, 0) is 31.2 Å². The molecule has 0 aliphatic heterocycles. The van der Waals surface area contributed by atoms with Crippen molar-refractivity contribution in [2.75, 3.05) is 6.61 Å². The van der Waals surface area contributed by atoms with Crippen LogP contribution in [-0.2, 0) is 16.0 Å². The Morgan fingerprint density at radius 2 is 2.30 bits per heavy atom. The molecule has 2 aromatic heterocycles. The summed E-state index contributed by atoms with van der Waals surface area (Å²) in [4.78, 5) is 15.6. The van der Waals surface area contributed by atoms with Crippen LogP contribution in [0.25, 0.3) is 5.69 Å². The zero-order valence-corrected chi connectivity index (χ0v) is 11.9. The van der Waals surface area contributed by atoms with Crippen molar-refractivity contribution in [3.8, 4) is 5.69 Å². The number of hydrogen-bond acceptors (Lipinski definition) is 4. The Bertz CT molecular complexity index is 598. The fourth-order valence-electron chi connectivity index (χ4n) is 1.93. The van der Waals surface area contributed by atoms with Crippen LogP contribution in [0.4, 0.5) is 0 Å². The summed E-state index contributed by atoms with van der Waals surface area (Å²) in [6, 6.07) is 6.73. The first-order valence-corrected chi connectivity index (χ1v) is 6.70. The normalized spacial score (nSPS) is 12.2. The smallest absolute Gasteiger partial charge is 0.323 e. The Morgan fingerprint density at radius 3 is 3.00 bits per heavy atom. The maximum atomic E-state index is 11.6. The number of hydrogen-bond donors (Lipinski definition) is 1. The molecule has 2 aromatic rings.